The average Bonchev–Trinajstić information content (AvgIpc) is 3.12. The molecule has 0 aromatic heterocycles. The highest BCUT2D eigenvalue weighted by Gasteiger charge is 2.47. The van der Waals surface area contributed by atoms with Crippen molar-refractivity contribution in [1.82, 2.24) is 0 Å². The van der Waals surface area contributed by atoms with Gasteiger partial charge in [0, 0.05) is 12.8 Å². The largest absolute Gasteiger partial charge is 0.462 e. The number of unbranched alkanes of at least 4 members (excludes halogenated alkanes) is 7. The fraction of sp³-hybridized carbons (Fsp3) is 0.833. The van der Waals surface area contributed by atoms with E-state index in [9.17, 15) is 45.3 Å². The molecule has 0 saturated carbocycles. The molecule has 7 N–H and O–H groups in total. The van der Waals surface area contributed by atoms with Crippen LogP contribution in [0.4, 0.5) is 0 Å². The van der Waals surface area contributed by atoms with E-state index >= 15 is 0 Å². The molecule has 0 spiro atoms. The van der Waals surface area contributed by atoms with Crippen LogP contribution in [0.5, 0.6) is 0 Å². The Bertz CT molecular complexity index is 1010. The topological polar surface area (TPSA) is 231 Å². The minimum absolute atomic E-state index is 0.148. The zero-order valence-electron chi connectivity index (χ0n) is 30.1. The third-order valence-electron chi connectivity index (χ3n) is 8.66. The maximum atomic E-state index is 12.7. The molecule has 2 aliphatic heterocycles. The van der Waals surface area contributed by atoms with Crippen LogP contribution >= 0.6 is 0 Å². The van der Waals surface area contributed by atoms with Gasteiger partial charge >= 0.3 is 11.9 Å². The van der Waals surface area contributed by atoms with Crippen molar-refractivity contribution in [3.63, 3.8) is 0 Å². The molecule has 2 aliphatic rings. The lowest BCUT2D eigenvalue weighted by Crippen LogP contribution is -2.61. The van der Waals surface area contributed by atoms with Gasteiger partial charge in [-0.1, -0.05) is 70.3 Å². The number of aliphatic hydroxyl groups excluding tert-OH is 7. The van der Waals surface area contributed by atoms with Gasteiger partial charge in [0.2, 0.25) is 0 Å². The van der Waals surface area contributed by atoms with Crippen molar-refractivity contribution in [3.8, 4) is 0 Å². The van der Waals surface area contributed by atoms with E-state index in [4.69, 9.17) is 28.4 Å². The number of ether oxygens (including phenoxy) is 6. The Kier molecular flexibility index (Phi) is 22.9. The predicted molar refractivity (Wildman–Crippen MR) is 183 cm³/mol. The Labute approximate surface area is 301 Å². The Morgan fingerprint density at radius 3 is 1.88 bits per heavy atom. The van der Waals surface area contributed by atoms with Crippen molar-refractivity contribution in [3.05, 3.63) is 24.3 Å². The smallest absolute Gasteiger partial charge is 0.306 e. The summed E-state index contributed by atoms with van der Waals surface area (Å²) in [5, 5.41) is 71.2. The van der Waals surface area contributed by atoms with E-state index in [2.05, 4.69) is 31.2 Å². The summed E-state index contributed by atoms with van der Waals surface area (Å²) in [6, 6.07) is 0. The molecular formula is C36H62O15. The number of carbonyl (C=O) groups excluding carboxylic acids is 2. The standard InChI is InChI=1S/C36H62O15/c1-3-5-7-8-9-10-11-12-13-14-15-16-17-19-28(39)49-24(21-46-27(38)18-6-4-2)22-47-35-34(45)32(43)30(41)26(51-35)23-48-36-33(44)31(42)29(40)25(20-37)50-36/h7-8,10-11,24-26,29-37,40-45H,3-6,9,12-23H2,1-2H3/b8-7-,11-10-. The molecule has 11 atom stereocenters. The van der Waals surface area contributed by atoms with Crippen LogP contribution in [-0.4, -0.2) is 142 Å². The summed E-state index contributed by atoms with van der Waals surface area (Å²) >= 11 is 0. The SMILES string of the molecule is CCC/C=C\C/C=C\CCCCCCCC(=O)OC(COC(=O)CCCC)COC1OC(COC2OC(CO)C(O)C(O)C2O)C(O)C(O)C1O. The summed E-state index contributed by atoms with van der Waals surface area (Å²) in [7, 11) is 0. The highest BCUT2D eigenvalue weighted by atomic mass is 16.7. The highest BCUT2D eigenvalue weighted by molar-refractivity contribution is 5.70. The van der Waals surface area contributed by atoms with Crippen LogP contribution in [0, 0.1) is 0 Å². The number of esters is 2. The first kappa shape index (κ1) is 45.1. The van der Waals surface area contributed by atoms with Crippen molar-refractivity contribution in [2.45, 2.75) is 165 Å². The summed E-state index contributed by atoms with van der Waals surface area (Å²) in [6.07, 6.45) is 2.42. The zero-order chi connectivity index (χ0) is 37.6. The van der Waals surface area contributed by atoms with Crippen LogP contribution in [0.1, 0.15) is 97.3 Å². The molecule has 15 nitrogen and oxygen atoms in total. The summed E-state index contributed by atoms with van der Waals surface area (Å²) in [6.45, 7) is 2.17. The van der Waals surface area contributed by atoms with Crippen LogP contribution < -0.4 is 0 Å². The molecule has 296 valence electrons. The van der Waals surface area contributed by atoms with Gasteiger partial charge in [-0.15, -0.1) is 0 Å². The van der Waals surface area contributed by atoms with Crippen LogP contribution in [0.3, 0.4) is 0 Å². The summed E-state index contributed by atoms with van der Waals surface area (Å²) in [5.74, 6) is -0.989. The van der Waals surface area contributed by atoms with Gasteiger partial charge in [-0.05, 0) is 38.5 Å². The quantitative estimate of drug-likeness (QED) is 0.0398. The van der Waals surface area contributed by atoms with E-state index in [-0.39, 0.29) is 26.1 Å². The van der Waals surface area contributed by atoms with Crippen LogP contribution in [0.25, 0.3) is 0 Å². The van der Waals surface area contributed by atoms with E-state index in [0.717, 1.165) is 57.8 Å². The zero-order valence-corrected chi connectivity index (χ0v) is 30.1. The summed E-state index contributed by atoms with van der Waals surface area (Å²) in [5.41, 5.74) is 0. The van der Waals surface area contributed by atoms with Crippen molar-refractivity contribution in [1.29, 1.82) is 0 Å². The molecule has 0 bridgehead atoms. The molecule has 2 rings (SSSR count). The first-order valence-corrected chi connectivity index (χ1v) is 18.4. The van der Waals surface area contributed by atoms with Gasteiger partial charge in [-0.2, -0.15) is 0 Å². The number of hydrogen-bond acceptors (Lipinski definition) is 15. The lowest BCUT2D eigenvalue weighted by Gasteiger charge is -2.42. The molecule has 2 saturated heterocycles. The molecule has 51 heavy (non-hydrogen) atoms. The van der Waals surface area contributed by atoms with Crippen LogP contribution in [0.2, 0.25) is 0 Å². The molecule has 15 heteroatoms. The maximum absolute atomic E-state index is 12.7. The molecule has 0 amide bonds. The molecule has 11 unspecified atom stereocenters. The second-order valence-electron chi connectivity index (χ2n) is 13.1. The monoisotopic (exact) mass is 734 g/mol. The van der Waals surface area contributed by atoms with Gasteiger partial charge in [0.1, 0.15) is 55.4 Å². The van der Waals surface area contributed by atoms with Gasteiger partial charge in [0.15, 0.2) is 18.7 Å². The van der Waals surface area contributed by atoms with E-state index in [1.807, 2.05) is 6.92 Å². The van der Waals surface area contributed by atoms with E-state index in [1.165, 1.54) is 0 Å². The Hall–Kier alpha value is -2.02. The minimum atomic E-state index is -1.76. The third kappa shape index (κ3) is 16.7. The lowest BCUT2D eigenvalue weighted by molar-refractivity contribution is -0.332. The fourth-order valence-electron chi connectivity index (χ4n) is 5.46. The first-order valence-electron chi connectivity index (χ1n) is 18.4. The molecule has 0 aromatic rings. The number of rotatable bonds is 25. The second-order valence-corrected chi connectivity index (χ2v) is 13.1. The summed E-state index contributed by atoms with van der Waals surface area (Å²) < 4.78 is 32.9. The Balaban J connectivity index is 1.86. The predicted octanol–water partition coefficient (Wildman–Crippen LogP) is 1.31. The van der Waals surface area contributed by atoms with Gasteiger partial charge in [-0.3, -0.25) is 9.59 Å². The van der Waals surface area contributed by atoms with Gasteiger partial charge in [-0.25, -0.2) is 0 Å². The normalized spacial score (nSPS) is 30.5. The fourth-order valence-corrected chi connectivity index (χ4v) is 5.46. The first-order chi connectivity index (χ1) is 24.5. The van der Waals surface area contributed by atoms with E-state index < -0.39 is 92.7 Å². The number of hydrogen-bond donors (Lipinski definition) is 7. The molecular weight excluding hydrogens is 672 g/mol. The van der Waals surface area contributed by atoms with Crippen LogP contribution in [0.15, 0.2) is 24.3 Å². The van der Waals surface area contributed by atoms with Gasteiger partial charge < -0.3 is 64.2 Å². The van der Waals surface area contributed by atoms with Crippen LogP contribution in [-0.2, 0) is 38.0 Å². The Morgan fingerprint density at radius 2 is 1.22 bits per heavy atom. The molecule has 2 heterocycles. The maximum Gasteiger partial charge on any atom is 0.306 e. The van der Waals surface area contributed by atoms with Gasteiger partial charge in [0.05, 0.1) is 19.8 Å². The minimum Gasteiger partial charge on any atom is -0.462 e. The highest BCUT2D eigenvalue weighted by Crippen LogP contribution is 2.26. The van der Waals surface area contributed by atoms with Gasteiger partial charge in [0.25, 0.3) is 0 Å². The third-order valence-corrected chi connectivity index (χ3v) is 8.66. The number of allylic oxidation sites excluding steroid dienone is 4. The Morgan fingerprint density at radius 1 is 0.627 bits per heavy atom. The van der Waals surface area contributed by atoms with Crippen molar-refractivity contribution in [2.24, 2.45) is 0 Å². The summed E-state index contributed by atoms with van der Waals surface area (Å²) in [4.78, 5) is 24.9. The average molecular weight is 735 g/mol. The molecule has 2 fully saturated rings. The van der Waals surface area contributed by atoms with E-state index in [1.54, 1.807) is 0 Å². The number of aliphatic hydroxyl groups is 7. The molecule has 0 aromatic carbocycles. The lowest BCUT2D eigenvalue weighted by atomic mass is 9.98. The van der Waals surface area contributed by atoms with Crippen molar-refractivity contribution >= 4 is 11.9 Å². The van der Waals surface area contributed by atoms with Crippen molar-refractivity contribution < 1.29 is 73.8 Å². The molecule has 0 aliphatic carbocycles. The number of carbonyl (C=O) groups is 2. The van der Waals surface area contributed by atoms with E-state index in [0.29, 0.717) is 12.8 Å². The second kappa shape index (κ2) is 25.9. The molecule has 0 radical (unpaired) electrons. The van der Waals surface area contributed by atoms with Crippen molar-refractivity contribution in [2.75, 3.05) is 26.4 Å².